The maximum atomic E-state index is 12.3. The lowest BCUT2D eigenvalue weighted by Gasteiger charge is -2.21. The fraction of sp³-hybridized carbons (Fsp3) is 0.500. The normalized spacial score (nSPS) is 12.9. The summed E-state index contributed by atoms with van der Waals surface area (Å²) in [5.74, 6) is -8.53. The molecule has 17 heteroatoms. The highest BCUT2D eigenvalue weighted by Crippen LogP contribution is 1.98. The molecule has 0 rings (SSSR count). The van der Waals surface area contributed by atoms with E-state index in [2.05, 4.69) is 16.0 Å². The second-order valence-corrected chi connectivity index (χ2v) is 6.57. The molecule has 17 nitrogen and oxygen atoms in total. The third-order valence-corrected chi connectivity index (χ3v) is 3.74. The van der Waals surface area contributed by atoms with Gasteiger partial charge in [-0.3, -0.25) is 33.6 Å². The number of nitrogens with one attached hydrogen (secondary N) is 4. The van der Waals surface area contributed by atoms with Gasteiger partial charge < -0.3 is 49.3 Å². The molecule has 0 fully saturated rings. The van der Waals surface area contributed by atoms with E-state index in [0.717, 1.165) is 0 Å². The number of hydrogen-bond donors (Lipinski definition) is 9. The molecule has 0 aromatic carbocycles. The highest BCUT2D eigenvalue weighted by Gasteiger charge is 2.29. The monoisotopic (exact) mass is 474 g/mol. The number of carboxylic acids is 1. The van der Waals surface area contributed by atoms with Crippen LogP contribution >= 0.6 is 0 Å². The van der Waals surface area contributed by atoms with Gasteiger partial charge in [0.25, 0.3) is 0 Å². The SMILES string of the molecule is NCC(=O)N[C@@H](CC(N)=O)C(=O)NCC(=O)N[C@@H](CC(N)=O)C(=O)N[C@@H](CC(N)=O)C(=O)O. The average Bonchev–Trinajstić information content (AvgIpc) is 2.69. The number of carbonyl (C=O) groups is 8. The van der Waals surface area contributed by atoms with Crippen molar-refractivity contribution in [2.24, 2.45) is 22.9 Å². The number of amides is 7. The maximum absolute atomic E-state index is 12.3. The van der Waals surface area contributed by atoms with E-state index in [1.165, 1.54) is 0 Å². The summed E-state index contributed by atoms with van der Waals surface area (Å²) in [7, 11) is 0. The largest absolute Gasteiger partial charge is 0.480 e. The molecular formula is C16H26N8O9. The Morgan fingerprint density at radius 1 is 0.636 bits per heavy atom. The first-order valence-electron chi connectivity index (χ1n) is 9.21. The smallest absolute Gasteiger partial charge is 0.326 e. The number of carbonyl (C=O) groups excluding carboxylic acids is 7. The number of hydrogen-bond acceptors (Lipinski definition) is 9. The van der Waals surface area contributed by atoms with Crippen LogP contribution in [0.2, 0.25) is 0 Å². The fourth-order valence-electron chi connectivity index (χ4n) is 2.28. The number of nitrogens with two attached hydrogens (primary N) is 4. The van der Waals surface area contributed by atoms with Gasteiger partial charge in [-0.05, 0) is 0 Å². The minimum absolute atomic E-state index is 0.486. The molecule has 7 amide bonds. The summed E-state index contributed by atoms with van der Waals surface area (Å²) < 4.78 is 0. The molecule has 3 atom stereocenters. The molecule has 0 saturated carbocycles. The summed E-state index contributed by atoms with van der Waals surface area (Å²) >= 11 is 0. The lowest BCUT2D eigenvalue weighted by atomic mass is 10.1. The van der Waals surface area contributed by atoms with Gasteiger partial charge in [-0.1, -0.05) is 0 Å². The Morgan fingerprint density at radius 2 is 1.06 bits per heavy atom. The summed E-state index contributed by atoms with van der Waals surface area (Å²) in [5, 5.41) is 17.2. The van der Waals surface area contributed by atoms with Crippen LogP contribution in [0.5, 0.6) is 0 Å². The van der Waals surface area contributed by atoms with Gasteiger partial charge >= 0.3 is 5.97 Å². The predicted molar refractivity (Wildman–Crippen MR) is 107 cm³/mol. The zero-order chi connectivity index (χ0) is 25.7. The van der Waals surface area contributed by atoms with Gasteiger partial charge in [-0.15, -0.1) is 0 Å². The third-order valence-electron chi connectivity index (χ3n) is 3.74. The molecule has 0 unspecified atom stereocenters. The summed E-state index contributed by atoms with van der Waals surface area (Å²) in [6.45, 7) is -1.27. The highest BCUT2D eigenvalue weighted by molar-refractivity contribution is 5.97. The molecule has 33 heavy (non-hydrogen) atoms. The average molecular weight is 474 g/mol. The van der Waals surface area contributed by atoms with Crippen molar-refractivity contribution in [3.63, 3.8) is 0 Å². The molecule has 0 saturated heterocycles. The molecule has 0 aromatic rings. The van der Waals surface area contributed by atoms with Gasteiger partial charge in [0.1, 0.15) is 18.1 Å². The summed E-state index contributed by atoms with van der Waals surface area (Å²) in [5.41, 5.74) is 20.0. The predicted octanol–water partition coefficient (Wildman–Crippen LogP) is -6.77. The van der Waals surface area contributed by atoms with Crippen LogP contribution in [0.3, 0.4) is 0 Å². The summed E-state index contributed by atoms with van der Waals surface area (Å²) in [6, 6.07) is -4.82. The number of aliphatic carboxylic acids is 1. The standard InChI is InChI=1S/C16H26N8O9/c17-4-12(28)22-6(1-9(18)25)14(30)21-5-13(29)23-7(2-10(19)26)15(31)24-8(16(32)33)3-11(20)27/h6-8H,1-5,17H2,(H2,18,25)(H2,19,26)(H2,20,27)(H,21,30)(H,22,28)(H,23,29)(H,24,31)(H,32,33)/t6-,7-,8-/m0/s1. The van der Waals surface area contributed by atoms with Crippen LogP contribution in [0.25, 0.3) is 0 Å². The molecule has 0 radical (unpaired) electrons. The van der Waals surface area contributed by atoms with Crippen molar-refractivity contribution in [1.29, 1.82) is 0 Å². The Hall–Kier alpha value is -4.28. The molecule has 184 valence electrons. The highest BCUT2D eigenvalue weighted by atomic mass is 16.4. The molecule has 0 aliphatic rings. The van der Waals surface area contributed by atoms with E-state index in [9.17, 15) is 38.4 Å². The second kappa shape index (κ2) is 13.9. The fourth-order valence-corrected chi connectivity index (χ4v) is 2.28. The molecule has 0 aliphatic heterocycles. The van der Waals surface area contributed by atoms with E-state index in [1.807, 2.05) is 5.32 Å². The Bertz CT molecular complexity index is 816. The minimum Gasteiger partial charge on any atom is -0.480 e. The van der Waals surface area contributed by atoms with Crippen molar-refractivity contribution < 1.29 is 43.5 Å². The third kappa shape index (κ3) is 12.2. The van der Waals surface area contributed by atoms with Crippen molar-refractivity contribution in [2.75, 3.05) is 13.1 Å². The first-order valence-corrected chi connectivity index (χ1v) is 9.21. The van der Waals surface area contributed by atoms with E-state index < -0.39 is 97.8 Å². The van der Waals surface area contributed by atoms with E-state index in [0.29, 0.717) is 0 Å². The van der Waals surface area contributed by atoms with Crippen molar-refractivity contribution in [3.8, 4) is 0 Å². The Balaban J connectivity index is 5.14. The van der Waals surface area contributed by atoms with Crippen LogP contribution in [-0.2, 0) is 38.4 Å². The van der Waals surface area contributed by atoms with Crippen molar-refractivity contribution in [1.82, 2.24) is 21.3 Å². The van der Waals surface area contributed by atoms with Gasteiger partial charge in [-0.25, -0.2) is 4.79 Å². The van der Waals surface area contributed by atoms with Crippen molar-refractivity contribution in [2.45, 2.75) is 37.4 Å². The first kappa shape index (κ1) is 28.7. The van der Waals surface area contributed by atoms with Gasteiger partial charge in [0.05, 0.1) is 32.4 Å². The summed E-state index contributed by atoms with van der Waals surface area (Å²) in [4.78, 5) is 92.3. The van der Waals surface area contributed by atoms with Gasteiger partial charge in [-0.2, -0.15) is 0 Å². The van der Waals surface area contributed by atoms with E-state index in [4.69, 9.17) is 28.0 Å². The van der Waals surface area contributed by atoms with Gasteiger partial charge in [0.15, 0.2) is 0 Å². The number of carboxylic acid groups (broad SMARTS) is 1. The molecule has 0 bridgehead atoms. The van der Waals surface area contributed by atoms with Crippen LogP contribution in [0.4, 0.5) is 0 Å². The molecule has 13 N–H and O–H groups in total. The zero-order valence-corrected chi connectivity index (χ0v) is 17.3. The van der Waals surface area contributed by atoms with E-state index in [-0.39, 0.29) is 0 Å². The van der Waals surface area contributed by atoms with E-state index >= 15 is 0 Å². The molecular weight excluding hydrogens is 448 g/mol. The Morgan fingerprint density at radius 3 is 1.48 bits per heavy atom. The maximum Gasteiger partial charge on any atom is 0.326 e. The molecule has 0 aromatic heterocycles. The van der Waals surface area contributed by atoms with Crippen LogP contribution in [0.1, 0.15) is 19.3 Å². The quantitative estimate of drug-likeness (QED) is 0.108. The van der Waals surface area contributed by atoms with Crippen LogP contribution in [0, 0.1) is 0 Å². The van der Waals surface area contributed by atoms with Crippen molar-refractivity contribution >= 4 is 47.3 Å². The number of primary amides is 3. The molecule has 0 aliphatic carbocycles. The van der Waals surface area contributed by atoms with Crippen LogP contribution in [-0.4, -0.2) is 83.6 Å². The zero-order valence-electron chi connectivity index (χ0n) is 17.3. The van der Waals surface area contributed by atoms with Crippen LogP contribution in [0.15, 0.2) is 0 Å². The second-order valence-electron chi connectivity index (χ2n) is 6.57. The molecule has 0 heterocycles. The summed E-state index contributed by atoms with van der Waals surface area (Å²) in [6.07, 6.45) is -2.10. The topological polar surface area (TPSA) is 309 Å². The lowest BCUT2D eigenvalue weighted by molar-refractivity contribution is -0.143. The lowest BCUT2D eigenvalue weighted by Crippen LogP contribution is -2.55. The first-order chi connectivity index (χ1) is 15.3. The molecule has 0 spiro atoms. The van der Waals surface area contributed by atoms with E-state index in [1.54, 1.807) is 0 Å². The Kier molecular flexibility index (Phi) is 12.1. The van der Waals surface area contributed by atoms with Gasteiger partial charge in [0, 0.05) is 0 Å². The number of rotatable bonds is 15. The van der Waals surface area contributed by atoms with Crippen molar-refractivity contribution in [3.05, 3.63) is 0 Å². The minimum atomic E-state index is -1.73. The Labute approximate surface area is 186 Å². The van der Waals surface area contributed by atoms with Crippen LogP contribution < -0.4 is 44.2 Å². The van der Waals surface area contributed by atoms with Gasteiger partial charge in [0.2, 0.25) is 41.4 Å².